The van der Waals surface area contributed by atoms with E-state index in [1.807, 2.05) is 38.1 Å². The van der Waals surface area contributed by atoms with Crippen molar-refractivity contribution >= 4 is 16.9 Å². The smallest absolute Gasteiger partial charge is 0.307 e. The number of carboxylic acid groups (broad SMARTS) is 1. The molecule has 0 aliphatic rings. The lowest BCUT2D eigenvalue weighted by atomic mass is 9.98. The largest absolute Gasteiger partial charge is 0.488 e. The molecule has 0 aliphatic carbocycles. The fourth-order valence-electron chi connectivity index (χ4n) is 3.78. The first-order valence-electron chi connectivity index (χ1n) is 10.2. The molecule has 4 aromatic rings. The first-order chi connectivity index (χ1) is 14.9. The van der Waals surface area contributed by atoms with E-state index in [9.17, 15) is 9.90 Å². The normalized spacial score (nSPS) is 11.1. The van der Waals surface area contributed by atoms with Crippen LogP contribution in [-0.2, 0) is 24.4 Å². The standard InChI is InChI=1S/C26H25NO4/c1-16-6-7-20(12-25(28)29)24(8-16)30-14-22-15-31-26-17(2)9-21(11-23(22)26)19-5-3-4-18(10-19)13-27/h3-11,15H,12-14,27H2,1-2H3,(H,28,29). The highest BCUT2D eigenvalue weighted by molar-refractivity contribution is 5.89. The molecular weight excluding hydrogens is 390 g/mol. The summed E-state index contributed by atoms with van der Waals surface area (Å²) in [5, 5.41) is 10.2. The number of carboxylic acids is 1. The van der Waals surface area contributed by atoms with E-state index in [1.165, 1.54) is 0 Å². The Morgan fingerprint density at radius 3 is 2.65 bits per heavy atom. The van der Waals surface area contributed by atoms with Crippen LogP contribution in [0.25, 0.3) is 22.1 Å². The van der Waals surface area contributed by atoms with Gasteiger partial charge in [-0.1, -0.05) is 30.3 Å². The molecule has 31 heavy (non-hydrogen) atoms. The third-order valence-electron chi connectivity index (χ3n) is 5.38. The molecule has 0 unspecified atom stereocenters. The van der Waals surface area contributed by atoms with E-state index < -0.39 is 5.97 Å². The SMILES string of the molecule is Cc1ccc(CC(=O)O)c(OCc2coc3c(C)cc(-c4cccc(CN)c4)cc23)c1. The highest BCUT2D eigenvalue weighted by Crippen LogP contribution is 2.32. The van der Waals surface area contributed by atoms with E-state index in [0.717, 1.165) is 44.3 Å². The summed E-state index contributed by atoms with van der Waals surface area (Å²) in [6, 6.07) is 18.0. The van der Waals surface area contributed by atoms with Crippen LogP contribution in [0.3, 0.4) is 0 Å². The second-order valence-electron chi connectivity index (χ2n) is 7.81. The first-order valence-corrected chi connectivity index (χ1v) is 10.2. The number of aryl methyl sites for hydroxylation is 2. The van der Waals surface area contributed by atoms with E-state index in [2.05, 4.69) is 24.3 Å². The van der Waals surface area contributed by atoms with Crippen LogP contribution >= 0.6 is 0 Å². The van der Waals surface area contributed by atoms with Crippen LogP contribution in [0.5, 0.6) is 5.75 Å². The van der Waals surface area contributed by atoms with Gasteiger partial charge in [0.15, 0.2) is 0 Å². The molecule has 0 aliphatic heterocycles. The second kappa shape index (κ2) is 8.66. The predicted molar refractivity (Wildman–Crippen MR) is 121 cm³/mol. The quantitative estimate of drug-likeness (QED) is 0.423. The van der Waals surface area contributed by atoms with Crippen LogP contribution in [0.2, 0.25) is 0 Å². The number of fused-ring (bicyclic) bond motifs is 1. The fourth-order valence-corrected chi connectivity index (χ4v) is 3.78. The van der Waals surface area contributed by atoms with Gasteiger partial charge in [-0.3, -0.25) is 4.79 Å². The first kappa shape index (κ1) is 20.7. The molecule has 5 nitrogen and oxygen atoms in total. The summed E-state index contributed by atoms with van der Waals surface area (Å²) in [6.45, 7) is 4.76. The molecule has 3 N–H and O–H groups in total. The van der Waals surface area contributed by atoms with Crippen LogP contribution in [0.15, 0.2) is 65.3 Å². The monoisotopic (exact) mass is 415 g/mol. The van der Waals surface area contributed by atoms with Crippen molar-refractivity contribution < 1.29 is 19.1 Å². The van der Waals surface area contributed by atoms with E-state index in [0.29, 0.717) is 17.9 Å². The maximum Gasteiger partial charge on any atom is 0.307 e. The molecule has 5 heteroatoms. The van der Waals surface area contributed by atoms with Gasteiger partial charge in [-0.2, -0.15) is 0 Å². The minimum Gasteiger partial charge on any atom is -0.488 e. The zero-order valence-corrected chi connectivity index (χ0v) is 17.6. The summed E-state index contributed by atoms with van der Waals surface area (Å²) in [6.07, 6.45) is 1.63. The minimum atomic E-state index is -0.887. The fraction of sp³-hybridized carbons (Fsp3) is 0.192. The molecule has 0 atom stereocenters. The lowest BCUT2D eigenvalue weighted by molar-refractivity contribution is -0.136. The minimum absolute atomic E-state index is 0.0809. The van der Waals surface area contributed by atoms with Gasteiger partial charge in [0.1, 0.15) is 17.9 Å². The van der Waals surface area contributed by atoms with Crippen LogP contribution in [0, 0.1) is 13.8 Å². The molecule has 0 radical (unpaired) electrons. The number of aliphatic carboxylic acids is 1. The van der Waals surface area contributed by atoms with Gasteiger partial charge in [-0.15, -0.1) is 0 Å². The van der Waals surface area contributed by atoms with Crippen molar-refractivity contribution in [3.05, 3.63) is 88.7 Å². The molecule has 0 amide bonds. The van der Waals surface area contributed by atoms with Crippen LogP contribution in [-0.4, -0.2) is 11.1 Å². The van der Waals surface area contributed by atoms with Crippen LogP contribution in [0.1, 0.15) is 27.8 Å². The van der Waals surface area contributed by atoms with Crippen molar-refractivity contribution in [1.82, 2.24) is 0 Å². The number of hydrogen-bond acceptors (Lipinski definition) is 4. The van der Waals surface area contributed by atoms with E-state index in [4.69, 9.17) is 14.9 Å². The van der Waals surface area contributed by atoms with Crippen molar-refractivity contribution in [3.8, 4) is 16.9 Å². The molecule has 0 saturated carbocycles. The van der Waals surface area contributed by atoms with Crippen molar-refractivity contribution in [3.63, 3.8) is 0 Å². The Balaban J connectivity index is 1.67. The molecular formula is C26H25NO4. The molecule has 0 saturated heterocycles. The number of hydrogen-bond donors (Lipinski definition) is 2. The van der Waals surface area contributed by atoms with Crippen molar-refractivity contribution in [2.75, 3.05) is 0 Å². The Morgan fingerprint density at radius 1 is 1.03 bits per heavy atom. The van der Waals surface area contributed by atoms with Gasteiger partial charge in [-0.25, -0.2) is 0 Å². The van der Waals surface area contributed by atoms with Crippen LogP contribution < -0.4 is 10.5 Å². The Labute approximate surface area is 181 Å². The highest BCUT2D eigenvalue weighted by atomic mass is 16.5. The number of rotatable bonds is 7. The summed E-state index contributed by atoms with van der Waals surface area (Å²) in [5.74, 6) is -0.303. The van der Waals surface area contributed by atoms with E-state index in [-0.39, 0.29) is 13.0 Å². The average Bonchev–Trinajstić information content (AvgIpc) is 3.17. The Bertz CT molecular complexity index is 1260. The molecule has 3 aromatic carbocycles. The molecule has 1 heterocycles. The molecule has 0 fully saturated rings. The van der Waals surface area contributed by atoms with E-state index in [1.54, 1.807) is 12.3 Å². The maximum absolute atomic E-state index is 11.2. The number of benzene rings is 3. The number of carbonyl (C=O) groups is 1. The third-order valence-corrected chi connectivity index (χ3v) is 5.38. The average molecular weight is 415 g/mol. The Morgan fingerprint density at radius 2 is 1.87 bits per heavy atom. The zero-order valence-electron chi connectivity index (χ0n) is 17.6. The molecule has 0 spiro atoms. The summed E-state index contributed by atoms with van der Waals surface area (Å²) < 4.78 is 11.9. The van der Waals surface area contributed by atoms with Gasteiger partial charge < -0.3 is 20.0 Å². The van der Waals surface area contributed by atoms with Crippen LogP contribution in [0.4, 0.5) is 0 Å². The topological polar surface area (TPSA) is 85.7 Å². The van der Waals surface area contributed by atoms with Gasteiger partial charge in [-0.05, 0) is 65.9 Å². The zero-order chi connectivity index (χ0) is 22.0. The predicted octanol–water partition coefficient (Wildman–Crippen LogP) is 5.38. The van der Waals surface area contributed by atoms with Crippen molar-refractivity contribution in [1.29, 1.82) is 0 Å². The van der Waals surface area contributed by atoms with Gasteiger partial charge in [0, 0.05) is 23.1 Å². The summed E-state index contributed by atoms with van der Waals surface area (Å²) in [4.78, 5) is 11.2. The molecule has 1 aromatic heterocycles. The van der Waals surface area contributed by atoms with Gasteiger partial charge >= 0.3 is 5.97 Å². The lowest BCUT2D eigenvalue weighted by Gasteiger charge is -2.11. The van der Waals surface area contributed by atoms with Gasteiger partial charge in [0.2, 0.25) is 0 Å². The number of furan rings is 1. The number of nitrogens with two attached hydrogens (primary N) is 1. The van der Waals surface area contributed by atoms with Crippen molar-refractivity contribution in [2.24, 2.45) is 5.73 Å². The molecule has 4 rings (SSSR count). The highest BCUT2D eigenvalue weighted by Gasteiger charge is 2.14. The molecule has 0 bridgehead atoms. The number of ether oxygens (including phenoxy) is 1. The second-order valence-corrected chi connectivity index (χ2v) is 7.81. The summed E-state index contributed by atoms with van der Waals surface area (Å²) in [5.41, 5.74) is 13.5. The van der Waals surface area contributed by atoms with Crippen molar-refractivity contribution in [2.45, 2.75) is 33.4 Å². The van der Waals surface area contributed by atoms with Gasteiger partial charge in [0.05, 0.1) is 12.7 Å². The van der Waals surface area contributed by atoms with Gasteiger partial charge in [0.25, 0.3) is 0 Å². The Hall–Kier alpha value is -3.57. The van der Waals surface area contributed by atoms with E-state index >= 15 is 0 Å². The maximum atomic E-state index is 11.2. The summed E-state index contributed by atoms with van der Waals surface area (Å²) in [7, 11) is 0. The third kappa shape index (κ3) is 4.47. The Kier molecular flexibility index (Phi) is 5.78. The molecule has 158 valence electrons. The lowest BCUT2D eigenvalue weighted by Crippen LogP contribution is -2.04. The summed E-state index contributed by atoms with van der Waals surface area (Å²) >= 11 is 0.